The summed E-state index contributed by atoms with van der Waals surface area (Å²) in [4.78, 5) is 10.7. The van der Waals surface area contributed by atoms with E-state index >= 15 is 0 Å². The van der Waals surface area contributed by atoms with E-state index in [1.165, 1.54) is 25.7 Å². The molecule has 0 aromatic heterocycles. The summed E-state index contributed by atoms with van der Waals surface area (Å²) in [5.74, 6) is -7.95. The van der Waals surface area contributed by atoms with Crippen molar-refractivity contribution in [1.29, 1.82) is 0 Å². The molecule has 2 nitrogen and oxygen atoms in total. The summed E-state index contributed by atoms with van der Waals surface area (Å²) in [6, 6.07) is 0. The summed E-state index contributed by atoms with van der Waals surface area (Å²) in [5, 5.41) is 0. The van der Waals surface area contributed by atoms with Gasteiger partial charge in [0.2, 0.25) is 0 Å². The van der Waals surface area contributed by atoms with Gasteiger partial charge < -0.3 is 4.74 Å². The monoisotopic (exact) mass is 386 g/mol. The quantitative estimate of drug-likeness (QED) is 0.131. The highest BCUT2D eigenvalue weighted by Crippen LogP contribution is 2.36. The number of unbranched alkanes of at least 4 members (excludes halogenated alkanes) is 10. The Kier molecular flexibility index (Phi) is 13.4. The van der Waals surface area contributed by atoms with Crippen molar-refractivity contribution in [3.05, 3.63) is 12.2 Å². The van der Waals surface area contributed by atoms with Crippen LogP contribution in [0.25, 0.3) is 0 Å². The molecule has 0 aromatic rings. The van der Waals surface area contributed by atoms with Crippen molar-refractivity contribution in [1.82, 2.24) is 0 Å². The van der Waals surface area contributed by atoms with Crippen molar-refractivity contribution in [3.63, 3.8) is 0 Å². The van der Waals surface area contributed by atoms with Gasteiger partial charge in [0.15, 0.2) is 0 Å². The van der Waals surface area contributed by atoms with Crippen LogP contribution in [0.4, 0.5) is 22.0 Å². The summed E-state index contributed by atoms with van der Waals surface area (Å²) in [6.07, 6.45) is 10.6. The maximum atomic E-state index is 12.6. The van der Waals surface area contributed by atoms with Crippen molar-refractivity contribution in [3.8, 4) is 0 Å². The van der Waals surface area contributed by atoms with Crippen molar-refractivity contribution < 1.29 is 31.5 Å². The van der Waals surface area contributed by atoms with E-state index in [0.717, 1.165) is 38.5 Å². The number of rotatable bonds is 15. The van der Waals surface area contributed by atoms with E-state index in [4.69, 9.17) is 0 Å². The van der Waals surface area contributed by atoms with Gasteiger partial charge in [0.1, 0.15) is 0 Å². The maximum Gasteiger partial charge on any atom is 0.465 e. The lowest BCUT2D eigenvalue weighted by molar-refractivity contribution is -0.280. The van der Waals surface area contributed by atoms with Gasteiger partial charge in [-0.2, -0.15) is 22.0 Å². The van der Waals surface area contributed by atoms with Crippen molar-refractivity contribution in [2.75, 3.05) is 6.61 Å². The second-order valence-electron chi connectivity index (χ2n) is 6.44. The zero-order valence-corrected chi connectivity index (χ0v) is 15.6. The Morgan fingerprint density at radius 1 is 0.769 bits per heavy atom. The highest BCUT2D eigenvalue weighted by Gasteiger charge is 2.64. The Labute approximate surface area is 153 Å². The lowest BCUT2D eigenvalue weighted by atomic mass is 10.1. The van der Waals surface area contributed by atoms with E-state index < -0.39 is 24.7 Å². The molecule has 0 amide bonds. The van der Waals surface area contributed by atoms with E-state index in [9.17, 15) is 26.7 Å². The van der Waals surface area contributed by atoms with Gasteiger partial charge >= 0.3 is 18.1 Å². The topological polar surface area (TPSA) is 26.3 Å². The van der Waals surface area contributed by atoms with Crippen LogP contribution in [0.3, 0.4) is 0 Å². The third-order valence-corrected chi connectivity index (χ3v) is 4.00. The van der Waals surface area contributed by atoms with E-state index in [-0.39, 0.29) is 0 Å². The van der Waals surface area contributed by atoms with Crippen LogP contribution in [-0.2, 0) is 9.53 Å². The Morgan fingerprint density at radius 3 is 1.73 bits per heavy atom. The summed E-state index contributed by atoms with van der Waals surface area (Å²) in [5.41, 5.74) is 0. The molecule has 0 unspecified atom stereocenters. The number of halogens is 5. The molecule has 154 valence electrons. The van der Waals surface area contributed by atoms with Crippen LogP contribution < -0.4 is 0 Å². The number of hydrogen-bond acceptors (Lipinski definition) is 2. The number of hydrogen-bond donors (Lipinski definition) is 0. The van der Waals surface area contributed by atoms with Crippen molar-refractivity contribution in [2.24, 2.45) is 0 Å². The van der Waals surface area contributed by atoms with Crippen LogP contribution in [0.5, 0.6) is 0 Å². The molecule has 0 spiro atoms. The lowest BCUT2D eigenvalue weighted by Crippen LogP contribution is -2.45. The Balaban J connectivity index is 3.44. The van der Waals surface area contributed by atoms with Gasteiger partial charge in [0, 0.05) is 0 Å². The average molecular weight is 386 g/mol. The smallest absolute Gasteiger partial charge is 0.461 e. The fraction of sp³-hybridized carbons (Fsp3) is 0.842. The second-order valence-corrected chi connectivity index (χ2v) is 6.44. The molecule has 0 aliphatic carbocycles. The van der Waals surface area contributed by atoms with Crippen LogP contribution in [0.1, 0.15) is 84.0 Å². The minimum Gasteiger partial charge on any atom is -0.461 e. The van der Waals surface area contributed by atoms with E-state index in [2.05, 4.69) is 23.8 Å². The molecule has 0 heterocycles. The predicted molar refractivity (Wildman–Crippen MR) is 92.2 cm³/mol. The molecule has 0 saturated carbocycles. The third-order valence-electron chi connectivity index (χ3n) is 4.00. The second kappa shape index (κ2) is 14.0. The van der Waals surface area contributed by atoms with Gasteiger partial charge in [-0.25, -0.2) is 4.79 Å². The van der Waals surface area contributed by atoms with Gasteiger partial charge in [0.05, 0.1) is 6.61 Å². The SMILES string of the molecule is CCCC/C=C\CCCCCCCCCCOC(=O)C(F)(F)C(F)(F)F. The van der Waals surface area contributed by atoms with E-state index in [1.54, 1.807) is 0 Å². The zero-order valence-electron chi connectivity index (χ0n) is 15.6. The molecule has 0 saturated heterocycles. The van der Waals surface area contributed by atoms with Crippen LogP contribution >= 0.6 is 0 Å². The first-order valence-corrected chi connectivity index (χ1v) is 9.50. The Morgan fingerprint density at radius 2 is 1.23 bits per heavy atom. The summed E-state index contributed by atoms with van der Waals surface area (Å²) >= 11 is 0. The fourth-order valence-electron chi connectivity index (χ4n) is 2.35. The molecular weight excluding hydrogens is 355 g/mol. The van der Waals surface area contributed by atoms with Crippen LogP contribution in [0.2, 0.25) is 0 Å². The number of ether oxygens (including phenoxy) is 1. The Bertz CT molecular complexity index is 392. The first kappa shape index (κ1) is 24.9. The standard InChI is InChI=1S/C19H31F5O2/c1-2-3-4-5-6-7-8-9-10-11-12-13-14-15-16-26-17(25)18(20,21)19(22,23)24/h5-6H,2-4,7-16H2,1H3/b6-5-. The largest absolute Gasteiger partial charge is 0.465 e. The number of carbonyl (C=O) groups excluding carboxylic acids is 1. The Hall–Kier alpha value is -1.14. The van der Waals surface area contributed by atoms with Gasteiger partial charge in [0.25, 0.3) is 0 Å². The highest BCUT2D eigenvalue weighted by atomic mass is 19.4. The molecular formula is C19H31F5O2. The van der Waals surface area contributed by atoms with Crippen LogP contribution in [-0.4, -0.2) is 24.7 Å². The number of carbonyl (C=O) groups is 1. The molecule has 0 radical (unpaired) electrons. The molecule has 0 aromatic carbocycles. The molecule has 7 heteroatoms. The van der Waals surface area contributed by atoms with Gasteiger partial charge in [-0.15, -0.1) is 0 Å². The molecule has 0 atom stereocenters. The van der Waals surface area contributed by atoms with Gasteiger partial charge in [-0.3, -0.25) is 0 Å². The van der Waals surface area contributed by atoms with Crippen molar-refractivity contribution >= 4 is 5.97 Å². The van der Waals surface area contributed by atoms with Gasteiger partial charge in [-0.1, -0.05) is 70.4 Å². The molecule has 0 aliphatic heterocycles. The average Bonchev–Trinajstić information content (AvgIpc) is 2.57. The maximum absolute atomic E-state index is 12.6. The molecule has 0 aliphatic rings. The molecule has 26 heavy (non-hydrogen) atoms. The fourth-order valence-corrected chi connectivity index (χ4v) is 2.35. The number of allylic oxidation sites excluding steroid dienone is 2. The first-order chi connectivity index (χ1) is 12.2. The highest BCUT2D eigenvalue weighted by molar-refractivity contribution is 5.78. The summed E-state index contributed by atoms with van der Waals surface area (Å²) in [6.45, 7) is 1.77. The predicted octanol–water partition coefficient (Wildman–Crippen LogP) is 6.98. The third kappa shape index (κ3) is 11.5. The van der Waals surface area contributed by atoms with Crippen molar-refractivity contribution in [2.45, 2.75) is 96.1 Å². The summed E-state index contributed by atoms with van der Waals surface area (Å²) in [7, 11) is 0. The zero-order chi connectivity index (χ0) is 19.9. The molecule has 0 bridgehead atoms. The van der Waals surface area contributed by atoms with Gasteiger partial charge in [-0.05, 0) is 25.7 Å². The summed E-state index contributed by atoms with van der Waals surface area (Å²) < 4.78 is 65.0. The first-order valence-electron chi connectivity index (χ1n) is 9.50. The number of alkyl halides is 5. The lowest BCUT2D eigenvalue weighted by Gasteiger charge is -2.17. The minimum atomic E-state index is -5.91. The molecule has 0 rings (SSSR count). The minimum absolute atomic E-state index is 0.294. The number of esters is 1. The van der Waals surface area contributed by atoms with E-state index in [0.29, 0.717) is 12.8 Å². The van der Waals surface area contributed by atoms with E-state index in [1.807, 2.05) is 0 Å². The molecule has 0 N–H and O–H groups in total. The normalized spacial score (nSPS) is 12.7. The molecule has 0 fully saturated rings. The van der Waals surface area contributed by atoms with Crippen LogP contribution in [0.15, 0.2) is 12.2 Å². The van der Waals surface area contributed by atoms with Crippen LogP contribution in [0, 0.1) is 0 Å².